The van der Waals surface area contributed by atoms with Gasteiger partial charge in [-0.05, 0) is 43.0 Å². The zero-order valence-electron chi connectivity index (χ0n) is 11.4. The summed E-state index contributed by atoms with van der Waals surface area (Å²) in [5.41, 5.74) is 5.49. The van der Waals surface area contributed by atoms with Crippen LogP contribution in [-0.4, -0.2) is 21.7 Å². The van der Waals surface area contributed by atoms with Gasteiger partial charge < -0.3 is 5.11 Å². The molecule has 1 amide bonds. The van der Waals surface area contributed by atoms with E-state index in [0.717, 1.165) is 36.2 Å². The SMILES string of the molecule is O=C(N/N=C1\CCCc2cccnc21)c1ccccc1O. The Morgan fingerprint density at radius 1 is 1.19 bits per heavy atom. The number of fused-ring (bicyclic) bond motifs is 1. The first kappa shape index (κ1) is 13.3. The van der Waals surface area contributed by atoms with Crippen molar-refractivity contribution in [3.05, 3.63) is 59.4 Å². The summed E-state index contributed by atoms with van der Waals surface area (Å²) in [6.07, 6.45) is 4.48. The number of hydrogen-bond acceptors (Lipinski definition) is 4. The molecule has 0 unspecified atom stereocenters. The number of phenolic OH excluding ortho intramolecular Hbond substituents is 1. The van der Waals surface area contributed by atoms with Gasteiger partial charge in [-0.1, -0.05) is 18.2 Å². The Hall–Kier alpha value is -2.69. The number of aromatic hydroxyl groups is 1. The molecule has 0 fully saturated rings. The maximum atomic E-state index is 12.0. The van der Waals surface area contributed by atoms with E-state index in [1.165, 1.54) is 6.07 Å². The molecule has 0 radical (unpaired) electrons. The molecule has 1 aliphatic carbocycles. The van der Waals surface area contributed by atoms with E-state index in [2.05, 4.69) is 15.5 Å². The van der Waals surface area contributed by atoms with E-state index in [1.54, 1.807) is 24.4 Å². The number of nitrogens with one attached hydrogen (secondary N) is 1. The second-order valence-corrected chi connectivity index (χ2v) is 4.88. The van der Waals surface area contributed by atoms with Crippen LogP contribution in [0.5, 0.6) is 5.75 Å². The molecule has 0 spiro atoms. The lowest BCUT2D eigenvalue weighted by atomic mass is 9.95. The second-order valence-electron chi connectivity index (χ2n) is 4.88. The van der Waals surface area contributed by atoms with Crippen LogP contribution in [0.1, 0.15) is 34.5 Å². The van der Waals surface area contributed by atoms with Gasteiger partial charge in [-0.3, -0.25) is 9.78 Å². The number of amides is 1. The summed E-state index contributed by atoms with van der Waals surface area (Å²) in [5, 5.41) is 13.8. The van der Waals surface area contributed by atoms with Gasteiger partial charge in [0.05, 0.1) is 17.0 Å². The van der Waals surface area contributed by atoms with Crippen molar-refractivity contribution >= 4 is 11.6 Å². The van der Waals surface area contributed by atoms with Crippen molar-refractivity contribution in [1.82, 2.24) is 10.4 Å². The molecule has 1 aromatic carbocycles. The summed E-state index contributed by atoms with van der Waals surface area (Å²) in [7, 11) is 0. The predicted molar refractivity (Wildman–Crippen MR) is 79.3 cm³/mol. The number of nitrogens with zero attached hydrogens (tertiary/aromatic N) is 2. The molecule has 0 bridgehead atoms. The Bertz CT molecular complexity index is 710. The highest BCUT2D eigenvalue weighted by Crippen LogP contribution is 2.19. The van der Waals surface area contributed by atoms with Crippen molar-refractivity contribution < 1.29 is 9.90 Å². The number of phenols is 1. The van der Waals surface area contributed by atoms with Crippen LogP contribution in [0.25, 0.3) is 0 Å². The van der Waals surface area contributed by atoms with Crippen LogP contribution < -0.4 is 5.43 Å². The predicted octanol–water partition coefficient (Wildman–Crippen LogP) is 2.26. The number of carbonyl (C=O) groups is 1. The molecular formula is C16H15N3O2. The summed E-state index contributed by atoms with van der Waals surface area (Å²) in [5.74, 6) is -0.485. The number of aryl methyl sites for hydroxylation is 1. The average molecular weight is 281 g/mol. The third-order valence-electron chi connectivity index (χ3n) is 3.47. The Labute approximate surface area is 122 Å². The van der Waals surface area contributed by atoms with Gasteiger partial charge in [-0.25, -0.2) is 5.43 Å². The fraction of sp³-hybridized carbons (Fsp3) is 0.188. The largest absolute Gasteiger partial charge is 0.507 e. The van der Waals surface area contributed by atoms with E-state index in [-0.39, 0.29) is 11.3 Å². The van der Waals surface area contributed by atoms with Crippen LogP contribution in [0.2, 0.25) is 0 Å². The van der Waals surface area contributed by atoms with E-state index >= 15 is 0 Å². The normalized spacial score (nSPS) is 15.5. The molecule has 106 valence electrons. The van der Waals surface area contributed by atoms with Crippen molar-refractivity contribution in [2.45, 2.75) is 19.3 Å². The van der Waals surface area contributed by atoms with E-state index in [9.17, 15) is 9.90 Å². The smallest absolute Gasteiger partial charge is 0.275 e. The van der Waals surface area contributed by atoms with Crippen LogP contribution in [-0.2, 0) is 6.42 Å². The Kier molecular flexibility index (Phi) is 3.64. The summed E-state index contributed by atoms with van der Waals surface area (Å²) >= 11 is 0. The Morgan fingerprint density at radius 2 is 2.05 bits per heavy atom. The van der Waals surface area contributed by atoms with Crippen molar-refractivity contribution in [2.24, 2.45) is 5.10 Å². The van der Waals surface area contributed by atoms with Gasteiger partial charge in [-0.15, -0.1) is 0 Å². The standard InChI is InChI=1S/C16H15N3O2/c20-14-9-2-1-7-12(14)16(21)19-18-13-8-3-5-11-6-4-10-17-15(11)13/h1-2,4,6-7,9-10,20H,3,5,8H2,(H,19,21)/b18-13+. The molecule has 0 atom stereocenters. The van der Waals surface area contributed by atoms with Crippen LogP contribution in [0.15, 0.2) is 47.7 Å². The summed E-state index contributed by atoms with van der Waals surface area (Å²) in [6.45, 7) is 0. The fourth-order valence-electron chi connectivity index (χ4n) is 2.42. The number of hydrogen-bond donors (Lipinski definition) is 2. The van der Waals surface area contributed by atoms with Crippen molar-refractivity contribution in [2.75, 3.05) is 0 Å². The molecule has 1 aromatic heterocycles. The molecular weight excluding hydrogens is 266 g/mol. The lowest BCUT2D eigenvalue weighted by Gasteiger charge is -2.16. The Balaban J connectivity index is 1.82. The number of rotatable bonds is 2. The number of hydrazone groups is 1. The number of pyridine rings is 1. The van der Waals surface area contributed by atoms with Crippen LogP contribution in [0.3, 0.4) is 0 Å². The van der Waals surface area contributed by atoms with Gasteiger partial charge in [0, 0.05) is 6.20 Å². The van der Waals surface area contributed by atoms with Gasteiger partial charge in [0.15, 0.2) is 0 Å². The molecule has 21 heavy (non-hydrogen) atoms. The van der Waals surface area contributed by atoms with Gasteiger partial charge >= 0.3 is 0 Å². The first-order valence-corrected chi connectivity index (χ1v) is 6.85. The molecule has 2 aromatic rings. The van der Waals surface area contributed by atoms with Crippen LogP contribution >= 0.6 is 0 Å². The lowest BCUT2D eigenvalue weighted by molar-refractivity contribution is 0.0952. The first-order chi connectivity index (χ1) is 10.3. The third kappa shape index (κ3) is 2.76. The van der Waals surface area contributed by atoms with E-state index < -0.39 is 5.91 Å². The molecule has 3 rings (SSSR count). The van der Waals surface area contributed by atoms with Crippen LogP contribution in [0, 0.1) is 0 Å². The zero-order valence-corrected chi connectivity index (χ0v) is 11.4. The molecule has 2 N–H and O–H groups in total. The quantitative estimate of drug-likeness (QED) is 0.829. The average Bonchev–Trinajstić information content (AvgIpc) is 2.53. The monoisotopic (exact) mass is 281 g/mol. The van der Waals surface area contributed by atoms with Crippen molar-refractivity contribution in [3.63, 3.8) is 0 Å². The minimum atomic E-state index is -0.427. The number of para-hydroxylation sites is 1. The van der Waals surface area contributed by atoms with E-state index in [4.69, 9.17) is 0 Å². The maximum Gasteiger partial charge on any atom is 0.275 e. The van der Waals surface area contributed by atoms with Gasteiger partial charge in [0.25, 0.3) is 5.91 Å². The molecule has 1 heterocycles. The Morgan fingerprint density at radius 3 is 2.90 bits per heavy atom. The summed E-state index contributed by atoms with van der Waals surface area (Å²) in [4.78, 5) is 16.4. The van der Waals surface area contributed by atoms with Gasteiger partial charge in [-0.2, -0.15) is 5.10 Å². The first-order valence-electron chi connectivity index (χ1n) is 6.85. The molecule has 5 heteroatoms. The summed E-state index contributed by atoms with van der Waals surface area (Å²) < 4.78 is 0. The second kappa shape index (κ2) is 5.75. The number of carbonyl (C=O) groups excluding carboxylic acids is 1. The highest BCUT2D eigenvalue weighted by Gasteiger charge is 2.17. The zero-order chi connectivity index (χ0) is 14.7. The lowest BCUT2D eigenvalue weighted by Crippen LogP contribution is -2.22. The molecule has 0 aliphatic heterocycles. The highest BCUT2D eigenvalue weighted by molar-refractivity contribution is 6.03. The molecule has 0 saturated heterocycles. The molecule has 0 saturated carbocycles. The van der Waals surface area contributed by atoms with E-state index in [0.29, 0.717) is 0 Å². The third-order valence-corrected chi connectivity index (χ3v) is 3.47. The minimum absolute atomic E-state index is 0.0580. The summed E-state index contributed by atoms with van der Waals surface area (Å²) in [6, 6.07) is 10.3. The molecule has 1 aliphatic rings. The van der Waals surface area contributed by atoms with Gasteiger partial charge in [0.1, 0.15) is 5.75 Å². The fourth-order valence-corrected chi connectivity index (χ4v) is 2.42. The topological polar surface area (TPSA) is 74.6 Å². The highest BCUT2D eigenvalue weighted by atomic mass is 16.3. The minimum Gasteiger partial charge on any atom is -0.507 e. The maximum absolute atomic E-state index is 12.0. The van der Waals surface area contributed by atoms with Crippen molar-refractivity contribution in [1.29, 1.82) is 0 Å². The van der Waals surface area contributed by atoms with Crippen molar-refractivity contribution in [3.8, 4) is 5.75 Å². The van der Waals surface area contributed by atoms with E-state index in [1.807, 2.05) is 12.1 Å². The number of benzene rings is 1. The van der Waals surface area contributed by atoms with Gasteiger partial charge in [0.2, 0.25) is 0 Å². The molecule has 5 nitrogen and oxygen atoms in total. The number of aromatic nitrogens is 1. The van der Waals surface area contributed by atoms with Crippen LogP contribution in [0.4, 0.5) is 0 Å².